The number of rotatable bonds is 7. The molecule has 1 amide bonds. The van der Waals surface area contributed by atoms with Crippen molar-refractivity contribution in [3.8, 4) is 0 Å². The van der Waals surface area contributed by atoms with Crippen molar-refractivity contribution in [2.24, 2.45) is 0 Å². The van der Waals surface area contributed by atoms with Crippen molar-refractivity contribution in [1.29, 1.82) is 0 Å². The summed E-state index contributed by atoms with van der Waals surface area (Å²) in [6, 6.07) is 9.36. The number of ether oxygens (including phenoxy) is 1. The molecule has 23 heavy (non-hydrogen) atoms. The number of carbonyl (C=O) groups excluding carboxylic acids is 1. The van der Waals surface area contributed by atoms with Crippen LogP contribution >= 0.6 is 12.4 Å². The van der Waals surface area contributed by atoms with Crippen LogP contribution in [0, 0.1) is 0 Å². The Balaban J connectivity index is 0.00000264. The predicted octanol–water partition coefficient (Wildman–Crippen LogP) is 0.167. The van der Waals surface area contributed by atoms with Crippen molar-refractivity contribution < 1.29 is 19.7 Å². The molecule has 6 nitrogen and oxygen atoms in total. The molecule has 3 unspecified atom stereocenters. The Labute approximate surface area is 142 Å². The first kappa shape index (κ1) is 19.9. The highest BCUT2D eigenvalue weighted by Crippen LogP contribution is 2.09. The van der Waals surface area contributed by atoms with Crippen LogP contribution in [0.15, 0.2) is 30.3 Å². The van der Waals surface area contributed by atoms with E-state index in [-0.39, 0.29) is 37.5 Å². The Kier molecular flexibility index (Phi) is 8.51. The predicted molar refractivity (Wildman–Crippen MR) is 89.4 cm³/mol. The molecular weight excluding hydrogens is 320 g/mol. The summed E-state index contributed by atoms with van der Waals surface area (Å²) in [5.41, 5.74) is 1.04. The molecule has 0 aromatic heterocycles. The molecule has 3 atom stereocenters. The minimum absolute atomic E-state index is 0. The number of nitrogens with one attached hydrogen (secondary N) is 1. The van der Waals surface area contributed by atoms with E-state index in [1.54, 1.807) is 7.05 Å². The average molecular weight is 345 g/mol. The van der Waals surface area contributed by atoms with E-state index in [4.69, 9.17) is 4.74 Å². The maximum absolute atomic E-state index is 12.1. The molecule has 1 fully saturated rings. The minimum Gasteiger partial charge on any atom is -0.392 e. The Morgan fingerprint density at radius 2 is 2.13 bits per heavy atom. The molecule has 0 spiro atoms. The second-order valence-corrected chi connectivity index (χ2v) is 5.72. The molecule has 1 heterocycles. The Bertz CT molecular complexity index is 474. The molecule has 0 radical (unpaired) electrons. The van der Waals surface area contributed by atoms with E-state index in [1.807, 2.05) is 30.3 Å². The fraction of sp³-hybridized carbons (Fsp3) is 0.562. The maximum Gasteiger partial charge on any atom is 0.239 e. The summed E-state index contributed by atoms with van der Waals surface area (Å²) in [5.74, 6) is -0.112. The van der Waals surface area contributed by atoms with Crippen LogP contribution in [-0.2, 0) is 16.1 Å². The molecule has 1 aromatic carbocycles. The summed E-state index contributed by atoms with van der Waals surface area (Å²) < 4.78 is 5.46. The second kappa shape index (κ2) is 9.85. The zero-order chi connectivity index (χ0) is 15.9. The van der Waals surface area contributed by atoms with Gasteiger partial charge in [0, 0.05) is 20.1 Å². The average Bonchev–Trinajstić information content (AvgIpc) is 2.94. The monoisotopic (exact) mass is 344 g/mol. The smallest absolute Gasteiger partial charge is 0.239 e. The molecule has 0 bridgehead atoms. The molecule has 0 saturated carbocycles. The number of nitrogens with zero attached hydrogens (tertiary/aromatic N) is 1. The van der Waals surface area contributed by atoms with Gasteiger partial charge in [0.1, 0.15) is 0 Å². The lowest BCUT2D eigenvalue weighted by Crippen LogP contribution is -2.45. The van der Waals surface area contributed by atoms with Crippen molar-refractivity contribution in [3.05, 3.63) is 35.9 Å². The van der Waals surface area contributed by atoms with Gasteiger partial charge in [-0.2, -0.15) is 0 Å². The van der Waals surface area contributed by atoms with Gasteiger partial charge in [0.2, 0.25) is 5.91 Å². The van der Waals surface area contributed by atoms with Crippen molar-refractivity contribution in [3.63, 3.8) is 0 Å². The van der Waals surface area contributed by atoms with Crippen LogP contribution in [0.1, 0.15) is 12.0 Å². The molecule has 1 aliphatic rings. The van der Waals surface area contributed by atoms with Crippen LogP contribution in [0.3, 0.4) is 0 Å². The van der Waals surface area contributed by atoms with E-state index in [0.717, 1.165) is 5.56 Å². The highest BCUT2D eigenvalue weighted by molar-refractivity contribution is 5.85. The largest absolute Gasteiger partial charge is 0.392 e. The van der Waals surface area contributed by atoms with Crippen molar-refractivity contribution in [2.75, 3.05) is 26.7 Å². The summed E-state index contributed by atoms with van der Waals surface area (Å²) in [7, 11) is 1.65. The lowest BCUT2D eigenvalue weighted by molar-refractivity contribution is -0.133. The number of halogens is 1. The first-order chi connectivity index (χ1) is 10.6. The summed E-state index contributed by atoms with van der Waals surface area (Å²) in [4.78, 5) is 13.6. The van der Waals surface area contributed by atoms with Gasteiger partial charge in [0.05, 0.1) is 31.5 Å². The van der Waals surface area contributed by atoms with Gasteiger partial charge >= 0.3 is 0 Å². The third-order valence-corrected chi connectivity index (χ3v) is 3.69. The number of carbonyl (C=O) groups is 1. The van der Waals surface area contributed by atoms with Gasteiger partial charge in [0.25, 0.3) is 0 Å². The van der Waals surface area contributed by atoms with Gasteiger partial charge in [-0.25, -0.2) is 0 Å². The summed E-state index contributed by atoms with van der Waals surface area (Å²) in [6.45, 7) is 1.26. The normalized spacial score (nSPS) is 21.5. The van der Waals surface area contributed by atoms with E-state index < -0.39 is 12.2 Å². The number of β-amino-alcohol motifs (C(OH)–C–C–N with tert-alkyl or cyclic N) is 1. The van der Waals surface area contributed by atoms with Gasteiger partial charge in [-0.3, -0.25) is 4.79 Å². The first-order valence-electron chi connectivity index (χ1n) is 7.52. The molecule has 2 rings (SSSR count). The zero-order valence-electron chi connectivity index (χ0n) is 13.2. The van der Waals surface area contributed by atoms with Gasteiger partial charge < -0.3 is 25.2 Å². The molecule has 7 heteroatoms. The van der Waals surface area contributed by atoms with Crippen LogP contribution in [0.2, 0.25) is 0 Å². The third kappa shape index (κ3) is 6.45. The molecule has 130 valence electrons. The first-order valence-corrected chi connectivity index (χ1v) is 7.52. The quantitative estimate of drug-likeness (QED) is 0.657. The van der Waals surface area contributed by atoms with Gasteiger partial charge in [0.15, 0.2) is 0 Å². The van der Waals surface area contributed by atoms with E-state index in [9.17, 15) is 15.0 Å². The van der Waals surface area contributed by atoms with Gasteiger partial charge in [-0.1, -0.05) is 30.3 Å². The number of amides is 1. The van der Waals surface area contributed by atoms with Gasteiger partial charge in [-0.05, 0) is 12.0 Å². The molecule has 0 aliphatic carbocycles. The fourth-order valence-electron chi connectivity index (χ4n) is 2.52. The van der Waals surface area contributed by atoms with Crippen LogP contribution in [0.4, 0.5) is 0 Å². The minimum atomic E-state index is -0.732. The van der Waals surface area contributed by atoms with E-state index in [1.165, 1.54) is 4.90 Å². The molecule has 1 aromatic rings. The lowest BCUT2D eigenvalue weighted by atomic mass is 10.2. The third-order valence-electron chi connectivity index (χ3n) is 3.69. The van der Waals surface area contributed by atoms with Crippen LogP contribution in [0.25, 0.3) is 0 Å². The Morgan fingerprint density at radius 3 is 2.74 bits per heavy atom. The number of aliphatic hydroxyl groups excluding tert-OH is 2. The highest BCUT2D eigenvalue weighted by Gasteiger charge is 2.30. The standard InChI is InChI=1S/C16H24N2O4.ClH/c1-18(16(21)15-7-13(19)8-17-15)9-14(20)11-22-10-12-5-3-2-4-6-12;/h2-6,13-15,17,19-20H,7-11H2,1H3;1H. The highest BCUT2D eigenvalue weighted by atomic mass is 35.5. The molecular formula is C16H25ClN2O4. The second-order valence-electron chi connectivity index (χ2n) is 5.72. The molecule has 1 aliphatic heterocycles. The van der Waals surface area contributed by atoms with E-state index in [0.29, 0.717) is 19.6 Å². The Hall–Kier alpha value is -1.18. The van der Waals surface area contributed by atoms with Crippen molar-refractivity contribution >= 4 is 18.3 Å². The van der Waals surface area contributed by atoms with Crippen LogP contribution in [-0.4, -0.2) is 66.0 Å². The number of hydrogen-bond acceptors (Lipinski definition) is 5. The van der Waals surface area contributed by atoms with Crippen molar-refractivity contribution in [2.45, 2.75) is 31.3 Å². The Morgan fingerprint density at radius 1 is 1.43 bits per heavy atom. The summed E-state index contributed by atoms with van der Waals surface area (Å²) >= 11 is 0. The van der Waals surface area contributed by atoms with Crippen molar-refractivity contribution in [1.82, 2.24) is 10.2 Å². The number of benzene rings is 1. The maximum atomic E-state index is 12.1. The van der Waals surface area contributed by atoms with E-state index in [2.05, 4.69) is 5.32 Å². The summed E-state index contributed by atoms with van der Waals surface area (Å²) in [5, 5.41) is 22.4. The number of likely N-dealkylation sites (N-methyl/N-ethyl adjacent to an activating group) is 1. The zero-order valence-corrected chi connectivity index (χ0v) is 14.0. The van der Waals surface area contributed by atoms with E-state index >= 15 is 0 Å². The lowest BCUT2D eigenvalue weighted by Gasteiger charge is -2.23. The topological polar surface area (TPSA) is 82.0 Å². The number of hydrogen-bond donors (Lipinski definition) is 3. The molecule has 1 saturated heterocycles. The summed E-state index contributed by atoms with van der Waals surface area (Å²) in [6.07, 6.45) is -0.783. The molecule has 3 N–H and O–H groups in total. The van der Waals surface area contributed by atoms with Crippen LogP contribution in [0.5, 0.6) is 0 Å². The fourth-order valence-corrected chi connectivity index (χ4v) is 2.52. The SMILES string of the molecule is CN(CC(O)COCc1ccccc1)C(=O)C1CC(O)CN1.Cl. The van der Waals surface area contributed by atoms with Crippen LogP contribution < -0.4 is 5.32 Å². The van der Waals surface area contributed by atoms with Gasteiger partial charge in [-0.15, -0.1) is 12.4 Å². The number of aliphatic hydroxyl groups is 2.